The number of rotatable bonds is 17. The standard InChI is InChI=1S/C25H44N2O8S/c1-17(2)20(13-19-9-10-23(34-6)24(14-19)35-12-8-11-33-5)15-21(26-25(29)30)22(28)16-27(18(3)4)36(7,31)32/h9-10,14,17-18,20-22,26,28H,8,11-13,15-16H2,1-7H3,(H,29,30)/t20-,21-,22-/m0/s1. The lowest BCUT2D eigenvalue weighted by atomic mass is 9.83. The zero-order valence-electron chi connectivity index (χ0n) is 22.6. The molecule has 0 aliphatic rings. The number of carbonyl (C=O) groups is 1. The summed E-state index contributed by atoms with van der Waals surface area (Å²) in [5.74, 6) is 1.40. The van der Waals surface area contributed by atoms with Crippen LogP contribution < -0.4 is 14.8 Å². The first-order chi connectivity index (χ1) is 16.8. The molecule has 0 saturated heterocycles. The number of carboxylic acid groups (broad SMARTS) is 1. The van der Waals surface area contributed by atoms with Gasteiger partial charge in [-0.2, -0.15) is 4.31 Å². The minimum Gasteiger partial charge on any atom is -0.493 e. The van der Waals surface area contributed by atoms with Crippen molar-refractivity contribution in [3.63, 3.8) is 0 Å². The van der Waals surface area contributed by atoms with E-state index in [0.717, 1.165) is 18.2 Å². The van der Waals surface area contributed by atoms with Crippen LogP contribution in [0.15, 0.2) is 18.2 Å². The van der Waals surface area contributed by atoms with Crippen molar-refractivity contribution in [2.45, 2.75) is 65.1 Å². The van der Waals surface area contributed by atoms with Crippen molar-refractivity contribution in [3.8, 4) is 11.5 Å². The zero-order chi connectivity index (χ0) is 27.5. The summed E-state index contributed by atoms with van der Waals surface area (Å²) >= 11 is 0. The smallest absolute Gasteiger partial charge is 0.404 e. The maximum Gasteiger partial charge on any atom is 0.404 e. The van der Waals surface area contributed by atoms with E-state index < -0.39 is 28.3 Å². The average molecular weight is 533 g/mol. The molecule has 36 heavy (non-hydrogen) atoms. The number of nitrogens with one attached hydrogen (secondary N) is 1. The van der Waals surface area contributed by atoms with Crippen LogP contribution in [0.4, 0.5) is 4.79 Å². The van der Waals surface area contributed by atoms with E-state index in [0.29, 0.717) is 37.6 Å². The molecular weight excluding hydrogens is 488 g/mol. The summed E-state index contributed by atoms with van der Waals surface area (Å²) < 4.78 is 41.9. The van der Waals surface area contributed by atoms with Gasteiger partial charge in [0.05, 0.1) is 32.1 Å². The molecule has 1 aromatic carbocycles. The molecule has 1 amide bonds. The second kappa shape index (κ2) is 15.2. The largest absolute Gasteiger partial charge is 0.493 e. The summed E-state index contributed by atoms with van der Waals surface area (Å²) in [5, 5.41) is 22.7. The van der Waals surface area contributed by atoms with Gasteiger partial charge >= 0.3 is 6.09 Å². The van der Waals surface area contributed by atoms with Gasteiger partial charge in [0.2, 0.25) is 10.0 Å². The number of benzene rings is 1. The molecule has 0 bridgehead atoms. The van der Waals surface area contributed by atoms with Gasteiger partial charge < -0.3 is 29.7 Å². The Morgan fingerprint density at radius 3 is 2.28 bits per heavy atom. The second-order valence-electron chi connectivity index (χ2n) is 9.67. The number of hydrogen-bond donors (Lipinski definition) is 3. The van der Waals surface area contributed by atoms with E-state index in [2.05, 4.69) is 5.32 Å². The number of hydrogen-bond acceptors (Lipinski definition) is 7. The minimum absolute atomic E-state index is 0.00281. The van der Waals surface area contributed by atoms with Gasteiger partial charge in [0.15, 0.2) is 11.5 Å². The van der Waals surface area contributed by atoms with Crippen molar-refractivity contribution in [2.75, 3.05) is 40.2 Å². The molecule has 0 heterocycles. The molecule has 1 aromatic rings. The van der Waals surface area contributed by atoms with Gasteiger partial charge in [0.1, 0.15) is 0 Å². The van der Waals surface area contributed by atoms with Crippen LogP contribution in [0.5, 0.6) is 11.5 Å². The van der Waals surface area contributed by atoms with E-state index >= 15 is 0 Å². The minimum atomic E-state index is -3.57. The van der Waals surface area contributed by atoms with E-state index in [4.69, 9.17) is 14.2 Å². The Balaban J connectivity index is 3.09. The molecule has 11 heteroatoms. The lowest BCUT2D eigenvalue weighted by Crippen LogP contribution is -2.51. The topological polar surface area (TPSA) is 135 Å². The molecule has 208 valence electrons. The molecule has 0 unspecified atom stereocenters. The SMILES string of the molecule is COCCCOc1cc(C[C@@H](C[C@H](NC(=O)O)[C@@H](O)CN(C(C)C)S(C)(=O)=O)C(C)C)ccc1OC. The summed E-state index contributed by atoms with van der Waals surface area (Å²) in [6, 6.07) is 4.48. The van der Waals surface area contributed by atoms with Gasteiger partial charge in [-0.3, -0.25) is 0 Å². The third-order valence-corrected chi connectivity index (χ3v) is 7.54. The predicted octanol–water partition coefficient (Wildman–Crippen LogP) is 2.98. The lowest BCUT2D eigenvalue weighted by Gasteiger charge is -2.33. The molecule has 10 nitrogen and oxygen atoms in total. The molecule has 0 spiro atoms. The quantitative estimate of drug-likeness (QED) is 0.261. The fourth-order valence-corrected chi connectivity index (χ4v) is 5.27. The maximum absolute atomic E-state index is 12.2. The highest BCUT2D eigenvalue weighted by Crippen LogP contribution is 2.31. The molecule has 0 aliphatic carbocycles. The monoisotopic (exact) mass is 532 g/mol. The maximum atomic E-state index is 12.2. The summed E-state index contributed by atoms with van der Waals surface area (Å²) in [5.41, 5.74) is 0.986. The first kappa shape index (κ1) is 31.9. The molecule has 3 atom stereocenters. The van der Waals surface area contributed by atoms with E-state index in [-0.39, 0.29) is 24.4 Å². The van der Waals surface area contributed by atoms with Crippen LogP contribution in [0, 0.1) is 11.8 Å². The van der Waals surface area contributed by atoms with Crippen molar-refractivity contribution < 1.29 is 37.6 Å². The summed E-state index contributed by atoms with van der Waals surface area (Å²) in [6.45, 7) is 8.37. The van der Waals surface area contributed by atoms with Gasteiger partial charge in [-0.1, -0.05) is 19.9 Å². The van der Waals surface area contributed by atoms with Crippen LogP contribution in [0.25, 0.3) is 0 Å². The molecule has 0 saturated carbocycles. The number of amides is 1. The van der Waals surface area contributed by atoms with Crippen LogP contribution in [-0.4, -0.2) is 87.5 Å². The van der Waals surface area contributed by atoms with Crippen LogP contribution in [-0.2, 0) is 21.2 Å². The Labute approximate surface area is 216 Å². The predicted molar refractivity (Wildman–Crippen MR) is 139 cm³/mol. The number of sulfonamides is 1. The van der Waals surface area contributed by atoms with E-state index in [1.165, 1.54) is 4.31 Å². The summed E-state index contributed by atoms with van der Waals surface area (Å²) in [6.07, 6.45) is 0.273. The first-order valence-electron chi connectivity index (χ1n) is 12.2. The van der Waals surface area contributed by atoms with Crippen LogP contribution >= 0.6 is 0 Å². The van der Waals surface area contributed by atoms with E-state index in [9.17, 15) is 23.4 Å². The average Bonchev–Trinajstić information content (AvgIpc) is 2.77. The molecule has 0 radical (unpaired) electrons. The molecule has 1 rings (SSSR count). The van der Waals surface area contributed by atoms with Crippen molar-refractivity contribution in [1.82, 2.24) is 9.62 Å². The molecule has 3 N–H and O–H groups in total. The zero-order valence-corrected chi connectivity index (χ0v) is 23.4. The molecule has 0 aliphatic heterocycles. The highest BCUT2D eigenvalue weighted by molar-refractivity contribution is 7.88. The number of ether oxygens (including phenoxy) is 3. The van der Waals surface area contributed by atoms with Gasteiger partial charge in [0, 0.05) is 32.7 Å². The Morgan fingerprint density at radius 1 is 1.11 bits per heavy atom. The fourth-order valence-electron chi connectivity index (χ4n) is 4.08. The molecule has 0 aromatic heterocycles. The van der Waals surface area contributed by atoms with Crippen LogP contribution in [0.2, 0.25) is 0 Å². The van der Waals surface area contributed by atoms with Gasteiger partial charge in [-0.15, -0.1) is 0 Å². The number of methoxy groups -OCH3 is 2. The van der Waals surface area contributed by atoms with Crippen LogP contribution in [0.3, 0.4) is 0 Å². The normalized spacial score (nSPS) is 14.6. The van der Waals surface area contributed by atoms with Gasteiger partial charge in [-0.05, 0) is 56.2 Å². The highest BCUT2D eigenvalue weighted by Gasteiger charge is 2.31. The third kappa shape index (κ3) is 10.9. The van der Waals surface area contributed by atoms with Crippen molar-refractivity contribution in [3.05, 3.63) is 23.8 Å². The van der Waals surface area contributed by atoms with Crippen LogP contribution in [0.1, 0.15) is 46.1 Å². The number of aliphatic hydroxyl groups excluding tert-OH is 1. The Hall–Kier alpha value is -2.08. The third-order valence-electron chi connectivity index (χ3n) is 6.12. The molecular formula is C25H44N2O8S. The van der Waals surface area contributed by atoms with Crippen molar-refractivity contribution in [1.29, 1.82) is 0 Å². The summed E-state index contributed by atoms with van der Waals surface area (Å²) in [4.78, 5) is 11.5. The Kier molecular flexibility index (Phi) is 13.5. The van der Waals surface area contributed by atoms with E-state index in [1.54, 1.807) is 28.1 Å². The van der Waals surface area contributed by atoms with E-state index in [1.807, 2.05) is 32.0 Å². The van der Waals surface area contributed by atoms with Gasteiger partial charge in [-0.25, -0.2) is 13.2 Å². The number of nitrogens with zero attached hydrogens (tertiary/aromatic N) is 1. The number of aliphatic hydroxyl groups is 1. The van der Waals surface area contributed by atoms with Crippen molar-refractivity contribution in [2.24, 2.45) is 11.8 Å². The Bertz CT molecular complexity index is 907. The fraction of sp³-hybridized carbons (Fsp3) is 0.720. The first-order valence-corrected chi connectivity index (χ1v) is 14.1. The second-order valence-corrected chi connectivity index (χ2v) is 11.6. The van der Waals surface area contributed by atoms with Crippen molar-refractivity contribution >= 4 is 16.1 Å². The molecule has 0 fully saturated rings. The lowest BCUT2D eigenvalue weighted by molar-refractivity contribution is 0.0811. The summed E-state index contributed by atoms with van der Waals surface area (Å²) in [7, 11) is -0.358. The van der Waals surface area contributed by atoms with Gasteiger partial charge in [0.25, 0.3) is 0 Å². The highest BCUT2D eigenvalue weighted by atomic mass is 32.2. The Morgan fingerprint density at radius 2 is 1.78 bits per heavy atom.